The van der Waals surface area contributed by atoms with Gasteiger partial charge < -0.3 is 14.1 Å². The van der Waals surface area contributed by atoms with Crippen LogP contribution in [0.1, 0.15) is 31.6 Å². The van der Waals surface area contributed by atoms with Crippen LogP contribution < -0.4 is 0 Å². The van der Waals surface area contributed by atoms with E-state index < -0.39 is 5.97 Å². The summed E-state index contributed by atoms with van der Waals surface area (Å²) in [5, 5.41) is 7.85. The van der Waals surface area contributed by atoms with Gasteiger partial charge in [0.25, 0.3) is 5.89 Å². The second-order valence-corrected chi connectivity index (χ2v) is 6.62. The Kier molecular flexibility index (Phi) is 5.80. The van der Waals surface area contributed by atoms with E-state index in [0.29, 0.717) is 18.9 Å². The van der Waals surface area contributed by atoms with Gasteiger partial charge in [0, 0.05) is 17.4 Å². The molecule has 0 atom stereocenters. The first-order valence-corrected chi connectivity index (χ1v) is 8.93. The molecule has 1 aromatic carbocycles. The molecule has 0 radical (unpaired) electrons. The smallest absolute Gasteiger partial charge is 0.326 e. The maximum absolute atomic E-state index is 12.0. The van der Waals surface area contributed by atoms with Crippen molar-refractivity contribution >= 4 is 27.8 Å². The van der Waals surface area contributed by atoms with Crippen molar-refractivity contribution in [3.8, 4) is 11.5 Å². The van der Waals surface area contributed by atoms with E-state index in [4.69, 9.17) is 9.15 Å². The van der Waals surface area contributed by atoms with Gasteiger partial charge in [0.1, 0.15) is 6.54 Å². The topological polar surface area (TPSA) is 85.5 Å². The fourth-order valence-electron chi connectivity index (χ4n) is 2.60. The van der Waals surface area contributed by atoms with Gasteiger partial charge in [0.15, 0.2) is 6.61 Å². The average Bonchev–Trinajstić information content (AvgIpc) is 2.98. The van der Waals surface area contributed by atoms with Crippen LogP contribution in [0.25, 0.3) is 11.5 Å². The maximum Gasteiger partial charge on any atom is 0.326 e. The van der Waals surface area contributed by atoms with Crippen LogP contribution in [0, 0.1) is 0 Å². The number of nitrogens with zero attached hydrogens (tertiary/aromatic N) is 3. The summed E-state index contributed by atoms with van der Waals surface area (Å²) < 4.78 is 11.5. The minimum Gasteiger partial charge on any atom is -0.454 e. The summed E-state index contributed by atoms with van der Waals surface area (Å²) in [6.45, 7) is 0.447. The number of halogens is 1. The minimum atomic E-state index is -0.476. The van der Waals surface area contributed by atoms with Crippen molar-refractivity contribution in [3.05, 3.63) is 34.6 Å². The zero-order chi connectivity index (χ0) is 17.6. The van der Waals surface area contributed by atoms with Gasteiger partial charge in [-0.05, 0) is 40.9 Å². The van der Waals surface area contributed by atoms with Crippen LogP contribution >= 0.6 is 15.9 Å². The van der Waals surface area contributed by atoms with Crippen molar-refractivity contribution in [2.45, 2.75) is 32.3 Å². The van der Waals surface area contributed by atoms with E-state index in [9.17, 15) is 9.59 Å². The van der Waals surface area contributed by atoms with E-state index in [0.717, 1.165) is 29.3 Å². The fourth-order valence-corrected chi connectivity index (χ4v) is 3.06. The third-order valence-corrected chi connectivity index (χ3v) is 4.61. The molecule has 8 heteroatoms. The number of esters is 1. The molecular formula is C17H18BrN3O4. The maximum atomic E-state index is 12.0. The lowest BCUT2D eigenvalue weighted by Crippen LogP contribution is -2.35. The van der Waals surface area contributed by atoms with Gasteiger partial charge in [-0.25, -0.2) is 0 Å². The molecule has 7 nitrogen and oxygen atoms in total. The molecule has 0 aliphatic carbocycles. The largest absolute Gasteiger partial charge is 0.454 e. The van der Waals surface area contributed by atoms with Gasteiger partial charge in [-0.2, -0.15) is 0 Å². The molecule has 3 rings (SSSR count). The highest BCUT2D eigenvalue weighted by molar-refractivity contribution is 9.10. The molecule has 0 spiro atoms. The summed E-state index contributed by atoms with van der Waals surface area (Å²) in [5.41, 5.74) is 0.766. The molecule has 25 heavy (non-hydrogen) atoms. The van der Waals surface area contributed by atoms with Crippen LogP contribution in [0.4, 0.5) is 0 Å². The van der Waals surface area contributed by atoms with E-state index in [1.54, 1.807) is 4.90 Å². The number of ether oxygens (including phenoxy) is 1. The predicted octanol–water partition coefficient (Wildman–Crippen LogP) is 2.94. The summed E-state index contributed by atoms with van der Waals surface area (Å²) in [7, 11) is 0. The van der Waals surface area contributed by atoms with E-state index >= 15 is 0 Å². The van der Waals surface area contributed by atoms with Gasteiger partial charge in [-0.1, -0.05) is 18.6 Å². The predicted molar refractivity (Wildman–Crippen MR) is 92.3 cm³/mol. The molecule has 2 aromatic rings. The normalized spacial score (nSPS) is 15.1. The number of carbonyl (C=O) groups is 2. The van der Waals surface area contributed by atoms with Crippen molar-refractivity contribution < 1.29 is 18.7 Å². The number of aromatic nitrogens is 2. The fraction of sp³-hybridized carbons (Fsp3) is 0.412. The highest BCUT2D eigenvalue weighted by Gasteiger charge is 2.20. The number of benzene rings is 1. The molecule has 1 aliphatic rings. The summed E-state index contributed by atoms with van der Waals surface area (Å²) in [5.74, 6) is 0.0851. The van der Waals surface area contributed by atoms with Gasteiger partial charge in [-0.15, -0.1) is 10.2 Å². The Morgan fingerprint density at radius 2 is 2.08 bits per heavy atom. The van der Waals surface area contributed by atoms with E-state index in [1.165, 1.54) is 0 Å². The Balaban J connectivity index is 1.54. The number of hydrogen-bond acceptors (Lipinski definition) is 6. The lowest BCUT2D eigenvalue weighted by molar-refractivity contribution is -0.150. The molecule has 1 fully saturated rings. The van der Waals surface area contributed by atoms with Crippen LogP contribution in [0.5, 0.6) is 0 Å². The van der Waals surface area contributed by atoms with Crippen molar-refractivity contribution in [2.75, 3.05) is 13.1 Å². The van der Waals surface area contributed by atoms with Crippen LogP contribution in [-0.4, -0.2) is 40.1 Å². The Hall–Kier alpha value is -2.22. The highest BCUT2D eigenvalue weighted by atomic mass is 79.9. The molecule has 1 aliphatic heterocycles. The lowest BCUT2D eigenvalue weighted by Gasteiger charge is -2.18. The van der Waals surface area contributed by atoms with Gasteiger partial charge in [-0.3, -0.25) is 9.59 Å². The molecule has 1 saturated heterocycles. The molecule has 0 bridgehead atoms. The van der Waals surface area contributed by atoms with Gasteiger partial charge in [0.2, 0.25) is 11.8 Å². The van der Waals surface area contributed by atoms with Crippen LogP contribution in [-0.2, 0) is 20.9 Å². The first kappa shape index (κ1) is 17.6. The molecule has 1 aromatic heterocycles. The van der Waals surface area contributed by atoms with Crippen LogP contribution in [0.2, 0.25) is 0 Å². The van der Waals surface area contributed by atoms with Crippen molar-refractivity contribution in [1.82, 2.24) is 15.1 Å². The van der Waals surface area contributed by atoms with Crippen molar-refractivity contribution in [2.24, 2.45) is 0 Å². The third kappa shape index (κ3) is 4.66. The van der Waals surface area contributed by atoms with Crippen molar-refractivity contribution in [3.63, 3.8) is 0 Å². The SMILES string of the molecule is O=C(CN1CCCCCC1=O)OCc1nnc(-c2ccccc2Br)o1. The molecule has 132 valence electrons. The zero-order valence-corrected chi connectivity index (χ0v) is 15.2. The van der Waals surface area contributed by atoms with Crippen LogP contribution in [0.15, 0.2) is 33.2 Å². The third-order valence-electron chi connectivity index (χ3n) is 3.92. The van der Waals surface area contributed by atoms with Gasteiger partial charge >= 0.3 is 5.97 Å². The molecule has 0 N–H and O–H groups in total. The standard InChI is InChI=1S/C17H18BrN3O4/c18-13-7-4-3-6-12(13)17-20-19-14(25-17)11-24-16(23)10-21-9-5-1-2-8-15(21)22/h3-4,6-7H,1-2,5,8-11H2. The zero-order valence-electron chi connectivity index (χ0n) is 13.6. The first-order valence-electron chi connectivity index (χ1n) is 8.14. The second kappa shape index (κ2) is 8.24. The van der Waals surface area contributed by atoms with E-state index in [1.807, 2.05) is 24.3 Å². The summed E-state index contributed by atoms with van der Waals surface area (Å²) in [6, 6.07) is 7.47. The van der Waals surface area contributed by atoms with Crippen molar-refractivity contribution in [1.29, 1.82) is 0 Å². The molecule has 0 unspecified atom stereocenters. The quantitative estimate of drug-likeness (QED) is 0.708. The first-order chi connectivity index (χ1) is 12.1. The average molecular weight is 408 g/mol. The number of carbonyl (C=O) groups excluding carboxylic acids is 2. The second-order valence-electron chi connectivity index (χ2n) is 5.77. The summed E-state index contributed by atoms with van der Waals surface area (Å²) in [6.07, 6.45) is 3.30. The number of amides is 1. The Morgan fingerprint density at radius 3 is 2.92 bits per heavy atom. The Bertz CT molecular complexity index is 762. The summed E-state index contributed by atoms with van der Waals surface area (Å²) >= 11 is 3.42. The number of likely N-dealkylation sites (tertiary alicyclic amines) is 1. The van der Waals surface area contributed by atoms with E-state index in [-0.39, 0.29) is 24.9 Å². The Morgan fingerprint density at radius 1 is 1.24 bits per heavy atom. The van der Waals surface area contributed by atoms with E-state index in [2.05, 4.69) is 26.1 Å². The number of hydrogen-bond donors (Lipinski definition) is 0. The Labute approximate surface area is 153 Å². The van der Waals surface area contributed by atoms with Crippen LogP contribution in [0.3, 0.4) is 0 Å². The van der Waals surface area contributed by atoms with Gasteiger partial charge in [0.05, 0.1) is 5.56 Å². The monoisotopic (exact) mass is 407 g/mol. The number of rotatable bonds is 5. The molecule has 1 amide bonds. The minimum absolute atomic E-state index is 0.00320. The molecule has 0 saturated carbocycles. The lowest BCUT2D eigenvalue weighted by atomic mass is 10.2. The highest BCUT2D eigenvalue weighted by Crippen LogP contribution is 2.26. The molecule has 2 heterocycles. The molecular weight excluding hydrogens is 390 g/mol. The summed E-state index contributed by atoms with van der Waals surface area (Å²) in [4.78, 5) is 25.4.